The summed E-state index contributed by atoms with van der Waals surface area (Å²) in [5.41, 5.74) is 1.97. The quantitative estimate of drug-likeness (QED) is 0.887. The Labute approximate surface area is 126 Å². The van der Waals surface area contributed by atoms with Gasteiger partial charge in [-0.25, -0.2) is 4.98 Å². The number of pyridine rings is 1. The first-order valence-corrected chi connectivity index (χ1v) is 7.38. The summed E-state index contributed by atoms with van der Waals surface area (Å²) in [6.07, 6.45) is 0. The van der Waals surface area contributed by atoms with Crippen molar-refractivity contribution in [1.82, 2.24) is 10.3 Å². The SMILES string of the molecule is Cc1cc2ccccc2nc1NC(C)C(=O)NCC(C)C. The van der Waals surface area contributed by atoms with Crippen LogP contribution in [0.5, 0.6) is 0 Å². The van der Waals surface area contributed by atoms with Gasteiger partial charge in [-0.3, -0.25) is 4.79 Å². The Balaban J connectivity index is 2.11. The Morgan fingerprint density at radius 2 is 1.95 bits per heavy atom. The lowest BCUT2D eigenvalue weighted by Crippen LogP contribution is -2.39. The number of nitrogens with one attached hydrogen (secondary N) is 2. The molecule has 0 spiro atoms. The third kappa shape index (κ3) is 3.94. The predicted octanol–water partition coefficient (Wildman–Crippen LogP) is 3.12. The van der Waals surface area contributed by atoms with Gasteiger partial charge < -0.3 is 10.6 Å². The van der Waals surface area contributed by atoms with E-state index >= 15 is 0 Å². The number of hydrogen-bond acceptors (Lipinski definition) is 3. The number of anilines is 1. The van der Waals surface area contributed by atoms with Crippen LogP contribution in [0.3, 0.4) is 0 Å². The third-order valence-electron chi connectivity index (χ3n) is 3.35. The number of carbonyl (C=O) groups is 1. The van der Waals surface area contributed by atoms with Gasteiger partial charge in [-0.2, -0.15) is 0 Å². The zero-order valence-corrected chi connectivity index (χ0v) is 13.1. The van der Waals surface area contributed by atoms with E-state index in [9.17, 15) is 4.79 Å². The van der Waals surface area contributed by atoms with Gasteiger partial charge in [0.2, 0.25) is 5.91 Å². The van der Waals surface area contributed by atoms with Crippen LogP contribution in [0, 0.1) is 12.8 Å². The first-order valence-electron chi connectivity index (χ1n) is 7.38. The van der Waals surface area contributed by atoms with Crippen molar-refractivity contribution < 1.29 is 4.79 Å². The van der Waals surface area contributed by atoms with E-state index < -0.39 is 0 Å². The molecule has 1 aromatic heterocycles. The minimum absolute atomic E-state index is 0.00180. The van der Waals surface area contributed by atoms with E-state index in [1.54, 1.807) is 0 Å². The minimum Gasteiger partial charge on any atom is -0.358 e. The van der Waals surface area contributed by atoms with Gasteiger partial charge in [0, 0.05) is 11.9 Å². The van der Waals surface area contributed by atoms with Crippen LogP contribution in [0.1, 0.15) is 26.3 Å². The molecule has 2 aromatic rings. The van der Waals surface area contributed by atoms with Crippen molar-refractivity contribution in [3.05, 3.63) is 35.9 Å². The van der Waals surface area contributed by atoms with Crippen LogP contribution < -0.4 is 10.6 Å². The fourth-order valence-corrected chi connectivity index (χ4v) is 2.10. The largest absolute Gasteiger partial charge is 0.358 e. The van der Waals surface area contributed by atoms with Crippen molar-refractivity contribution in [3.63, 3.8) is 0 Å². The summed E-state index contributed by atoms with van der Waals surface area (Å²) in [6, 6.07) is 9.76. The molecule has 1 aromatic carbocycles. The van der Waals surface area contributed by atoms with Crippen molar-refractivity contribution in [3.8, 4) is 0 Å². The number of para-hydroxylation sites is 1. The standard InChI is InChI=1S/C17H23N3O/c1-11(2)10-18-17(21)13(4)19-16-12(3)9-14-7-5-6-8-15(14)20-16/h5-9,11,13H,10H2,1-4H3,(H,18,21)(H,19,20). The number of nitrogens with zero attached hydrogens (tertiary/aromatic N) is 1. The summed E-state index contributed by atoms with van der Waals surface area (Å²) in [7, 11) is 0. The Morgan fingerprint density at radius 3 is 2.67 bits per heavy atom. The van der Waals surface area contributed by atoms with E-state index in [0.717, 1.165) is 22.3 Å². The number of benzene rings is 1. The minimum atomic E-state index is -0.309. The monoisotopic (exact) mass is 285 g/mol. The van der Waals surface area contributed by atoms with Crippen molar-refractivity contribution in [1.29, 1.82) is 0 Å². The van der Waals surface area contributed by atoms with Gasteiger partial charge in [-0.15, -0.1) is 0 Å². The number of amides is 1. The van der Waals surface area contributed by atoms with Gasteiger partial charge in [0.1, 0.15) is 11.9 Å². The maximum atomic E-state index is 12.0. The lowest BCUT2D eigenvalue weighted by molar-refractivity contribution is -0.121. The maximum absolute atomic E-state index is 12.0. The zero-order valence-electron chi connectivity index (χ0n) is 13.1. The van der Waals surface area contributed by atoms with Gasteiger partial charge in [0.25, 0.3) is 0 Å². The van der Waals surface area contributed by atoms with Crippen molar-refractivity contribution in [2.75, 3.05) is 11.9 Å². The molecule has 0 saturated heterocycles. The Kier molecular flexibility index (Phi) is 4.78. The molecule has 1 amide bonds. The smallest absolute Gasteiger partial charge is 0.242 e. The van der Waals surface area contributed by atoms with Crippen molar-refractivity contribution >= 4 is 22.6 Å². The molecule has 0 radical (unpaired) electrons. The van der Waals surface area contributed by atoms with Crippen LogP contribution in [-0.4, -0.2) is 23.5 Å². The highest BCUT2D eigenvalue weighted by Crippen LogP contribution is 2.20. The van der Waals surface area contributed by atoms with Gasteiger partial charge in [0.05, 0.1) is 5.52 Å². The summed E-state index contributed by atoms with van der Waals surface area (Å²) in [5.74, 6) is 1.21. The summed E-state index contributed by atoms with van der Waals surface area (Å²) in [6.45, 7) is 8.70. The van der Waals surface area contributed by atoms with Crippen LogP contribution in [0.25, 0.3) is 10.9 Å². The van der Waals surface area contributed by atoms with E-state index in [0.29, 0.717) is 12.5 Å². The molecular formula is C17H23N3O. The average Bonchev–Trinajstić information content (AvgIpc) is 2.45. The molecule has 112 valence electrons. The number of fused-ring (bicyclic) bond motifs is 1. The molecule has 1 heterocycles. The summed E-state index contributed by atoms with van der Waals surface area (Å²) < 4.78 is 0. The lowest BCUT2D eigenvalue weighted by atomic mass is 10.1. The van der Waals surface area contributed by atoms with Gasteiger partial charge in [-0.05, 0) is 37.5 Å². The molecular weight excluding hydrogens is 262 g/mol. The van der Waals surface area contributed by atoms with Crippen molar-refractivity contribution in [2.45, 2.75) is 33.7 Å². The molecule has 2 rings (SSSR count). The normalized spacial score (nSPS) is 12.4. The highest BCUT2D eigenvalue weighted by Gasteiger charge is 2.14. The second-order valence-corrected chi connectivity index (χ2v) is 5.85. The number of hydrogen-bond donors (Lipinski definition) is 2. The molecule has 2 N–H and O–H groups in total. The van der Waals surface area contributed by atoms with Crippen molar-refractivity contribution in [2.24, 2.45) is 5.92 Å². The molecule has 1 atom stereocenters. The number of carbonyl (C=O) groups excluding carboxylic acids is 1. The van der Waals surface area contributed by atoms with Crippen LogP contribution in [0.15, 0.2) is 30.3 Å². The second kappa shape index (κ2) is 6.57. The molecule has 0 aliphatic rings. The Morgan fingerprint density at radius 1 is 1.24 bits per heavy atom. The summed E-state index contributed by atoms with van der Waals surface area (Å²) in [5, 5.41) is 7.24. The van der Waals surface area contributed by atoms with E-state index in [-0.39, 0.29) is 11.9 Å². The van der Waals surface area contributed by atoms with Gasteiger partial charge in [0.15, 0.2) is 0 Å². The Bertz CT molecular complexity index is 637. The number of rotatable bonds is 5. The summed E-state index contributed by atoms with van der Waals surface area (Å²) in [4.78, 5) is 16.6. The summed E-state index contributed by atoms with van der Waals surface area (Å²) >= 11 is 0. The van der Waals surface area contributed by atoms with Crippen LogP contribution in [-0.2, 0) is 4.79 Å². The molecule has 0 aliphatic carbocycles. The van der Waals surface area contributed by atoms with E-state index in [1.807, 2.05) is 38.1 Å². The maximum Gasteiger partial charge on any atom is 0.242 e. The van der Waals surface area contributed by atoms with Crippen LogP contribution in [0.4, 0.5) is 5.82 Å². The highest BCUT2D eigenvalue weighted by atomic mass is 16.2. The highest BCUT2D eigenvalue weighted by molar-refractivity contribution is 5.86. The fraction of sp³-hybridized carbons (Fsp3) is 0.412. The van der Waals surface area contributed by atoms with Gasteiger partial charge in [-0.1, -0.05) is 32.0 Å². The molecule has 4 nitrogen and oxygen atoms in total. The van der Waals surface area contributed by atoms with E-state index in [1.165, 1.54) is 0 Å². The topological polar surface area (TPSA) is 54.0 Å². The molecule has 0 aliphatic heterocycles. The third-order valence-corrected chi connectivity index (χ3v) is 3.35. The fourth-order valence-electron chi connectivity index (χ4n) is 2.10. The average molecular weight is 285 g/mol. The molecule has 1 unspecified atom stereocenters. The van der Waals surface area contributed by atoms with E-state index in [2.05, 4.69) is 35.5 Å². The molecule has 4 heteroatoms. The number of aryl methyl sites for hydroxylation is 1. The second-order valence-electron chi connectivity index (χ2n) is 5.85. The first kappa shape index (κ1) is 15.3. The molecule has 0 fully saturated rings. The van der Waals surface area contributed by atoms with Crippen LogP contribution >= 0.6 is 0 Å². The molecule has 0 saturated carbocycles. The first-order chi connectivity index (χ1) is 9.97. The zero-order chi connectivity index (χ0) is 15.4. The molecule has 0 bridgehead atoms. The lowest BCUT2D eigenvalue weighted by Gasteiger charge is -2.17. The predicted molar refractivity (Wildman–Crippen MR) is 87.4 cm³/mol. The molecule has 21 heavy (non-hydrogen) atoms. The van der Waals surface area contributed by atoms with Crippen LogP contribution in [0.2, 0.25) is 0 Å². The van der Waals surface area contributed by atoms with E-state index in [4.69, 9.17) is 0 Å². The Hall–Kier alpha value is -2.10. The number of aromatic nitrogens is 1. The van der Waals surface area contributed by atoms with Gasteiger partial charge >= 0.3 is 0 Å².